The maximum atomic E-state index is 12.0. The SMILES string of the molecule is Nc1ccc(O)c(C(=O)C=CN2CCCC2CO)c1. The summed E-state index contributed by atoms with van der Waals surface area (Å²) in [5.74, 6) is -0.377. The number of aliphatic hydroxyl groups is 1. The van der Waals surface area contributed by atoms with Crippen molar-refractivity contribution in [3.8, 4) is 5.75 Å². The minimum absolute atomic E-state index is 0.0796. The van der Waals surface area contributed by atoms with Gasteiger partial charge in [-0.05, 0) is 31.0 Å². The molecule has 1 aliphatic rings. The molecule has 1 aromatic rings. The summed E-state index contributed by atoms with van der Waals surface area (Å²) in [4.78, 5) is 13.9. The number of nitrogen functional groups attached to an aromatic ring is 1. The first kappa shape index (κ1) is 13.4. The molecule has 1 heterocycles. The van der Waals surface area contributed by atoms with Gasteiger partial charge in [0.05, 0.1) is 18.2 Å². The van der Waals surface area contributed by atoms with Crippen molar-refractivity contribution in [2.45, 2.75) is 18.9 Å². The van der Waals surface area contributed by atoms with Crippen molar-refractivity contribution in [3.63, 3.8) is 0 Å². The van der Waals surface area contributed by atoms with Crippen LogP contribution in [0.15, 0.2) is 30.5 Å². The molecule has 0 aliphatic carbocycles. The molecule has 1 aromatic carbocycles. The first-order valence-corrected chi connectivity index (χ1v) is 6.29. The summed E-state index contributed by atoms with van der Waals surface area (Å²) < 4.78 is 0. The molecule has 0 spiro atoms. The maximum Gasteiger partial charge on any atom is 0.191 e. The third kappa shape index (κ3) is 3.06. The van der Waals surface area contributed by atoms with E-state index < -0.39 is 0 Å². The molecule has 5 nitrogen and oxygen atoms in total. The predicted molar refractivity (Wildman–Crippen MR) is 72.8 cm³/mol. The Morgan fingerprint density at radius 2 is 2.32 bits per heavy atom. The van der Waals surface area contributed by atoms with E-state index in [-0.39, 0.29) is 29.7 Å². The van der Waals surface area contributed by atoms with Gasteiger partial charge < -0.3 is 20.8 Å². The summed E-state index contributed by atoms with van der Waals surface area (Å²) in [6.45, 7) is 0.917. The van der Waals surface area contributed by atoms with E-state index in [1.54, 1.807) is 6.20 Å². The Hall–Kier alpha value is -2.01. The van der Waals surface area contributed by atoms with Gasteiger partial charge in [0.2, 0.25) is 0 Å². The lowest BCUT2D eigenvalue weighted by Gasteiger charge is -2.20. The zero-order valence-electron chi connectivity index (χ0n) is 10.6. The Morgan fingerprint density at radius 1 is 1.53 bits per heavy atom. The van der Waals surface area contributed by atoms with E-state index in [0.29, 0.717) is 5.69 Å². The van der Waals surface area contributed by atoms with E-state index >= 15 is 0 Å². The predicted octanol–water partition coefficient (Wildman–Crippen LogP) is 1.13. The largest absolute Gasteiger partial charge is 0.507 e. The highest BCUT2D eigenvalue weighted by Gasteiger charge is 2.20. The Labute approximate surface area is 112 Å². The van der Waals surface area contributed by atoms with Gasteiger partial charge in [0.15, 0.2) is 5.78 Å². The molecule has 0 saturated carbocycles. The Morgan fingerprint density at radius 3 is 3.05 bits per heavy atom. The van der Waals surface area contributed by atoms with Crippen molar-refractivity contribution >= 4 is 11.5 Å². The lowest BCUT2D eigenvalue weighted by Crippen LogP contribution is -2.27. The molecule has 0 bridgehead atoms. The van der Waals surface area contributed by atoms with Crippen molar-refractivity contribution in [1.82, 2.24) is 4.90 Å². The van der Waals surface area contributed by atoms with Gasteiger partial charge >= 0.3 is 0 Å². The van der Waals surface area contributed by atoms with Gasteiger partial charge in [-0.15, -0.1) is 0 Å². The molecule has 2 rings (SSSR count). The average molecular weight is 262 g/mol. The van der Waals surface area contributed by atoms with Crippen molar-refractivity contribution in [2.24, 2.45) is 0 Å². The van der Waals surface area contributed by atoms with Crippen molar-refractivity contribution in [1.29, 1.82) is 0 Å². The number of carbonyl (C=O) groups excluding carboxylic acids is 1. The number of anilines is 1. The van der Waals surface area contributed by atoms with Gasteiger partial charge in [-0.3, -0.25) is 4.79 Å². The lowest BCUT2D eigenvalue weighted by atomic mass is 10.1. The topological polar surface area (TPSA) is 86.8 Å². The molecule has 0 amide bonds. The van der Waals surface area contributed by atoms with E-state index in [9.17, 15) is 15.0 Å². The summed E-state index contributed by atoms with van der Waals surface area (Å²) in [6.07, 6.45) is 5.02. The van der Waals surface area contributed by atoms with Gasteiger partial charge in [-0.2, -0.15) is 0 Å². The molecule has 4 N–H and O–H groups in total. The monoisotopic (exact) mass is 262 g/mol. The second-order valence-electron chi connectivity index (χ2n) is 4.67. The van der Waals surface area contributed by atoms with Crippen molar-refractivity contribution in [3.05, 3.63) is 36.0 Å². The number of aliphatic hydroxyl groups excluding tert-OH is 1. The molecule has 102 valence electrons. The van der Waals surface area contributed by atoms with Crippen LogP contribution in [0.5, 0.6) is 5.75 Å². The third-order valence-electron chi connectivity index (χ3n) is 3.34. The summed E-state index contributed by atoms with van der Waals surface area (Å²) in [7, 11) is 0. The van der Waals surface area contributed by atoms with Gasteiger partial charge in [0.25, 0.3) is 0 Å². The second kappa shape index (κ2) is 5.75. The minimum atomic E-state index is -0.298. The molecule has 1 unspecified atom stereocenters. The van der Waals surface area contributed by atoms with Crippen molar-refractivity contribution < 1.29 is 15.0 Å². The van der Waals surface area contributed by atoms with E-state index in [2.05, 4.69) is 0 Å². The lowest BCUT2D eigenvalue weighted by molar-refractivity contribution is 0.104. The van der Waals surface area contributed by atoms with Crippen LogP contribution >= 0.6 is 0 Å². The zero-order chi connectivity index (χ0) is 13.8. The number of allylic oxidation sites excluding steroid dienone is 1. The second-order valence-corrected chi connectivity index (χ2v) is 4.67. The van der Waals surface area contributed by atoms with Crippen LogP contribution in [0.4, 0.5) is 5.69 Å². The number of aromatic hydroxyl groups is 1. The normalized spacial score (nSPS) is 19.2. The number of phenols is 1. The zero-order valence-corrected chi connectivity index (χ0v) is 10.6. The molecule has 0 aromatic heterocycles. The summed E-state index contributed by atoms with van der Waals surface area (Å²) in [5, 5.41) is 18.8. The van der Waals surface area contributed by atoms with E-state index in [1.165, 1.54) is 24.3 Å². The van der Waals surface area contributed by atoms with Gasteiger partial charge in [0.1, 0.15) is 5.75 Å². The van der Waals surface area contributed by atoms with Crippen LogP contribution in [-0.4, -0.2) is 40.1 Å². The molecule has 5 heteroatoms. The average Bonchev–Trinajstić information content (AvgIpc) is 2.86. The minimum Gasteiger partial charge on any atom is -0.507 e. The Balaban J connectivity index is 2.10. The fourth-order valence-corrected chi connectivity index (χ4v) is 2.25. The number of rotatable bonds is 4. The van der Waals surface area contributed by atoms with E-state index in [4.69, 9.17) is 5.73 Å². The Kier molecular flexibility index (Phi) is 4.06. The van der Waals surface area contributed by atoms with Crippen LogP contribution in [0.25, 0.3) is 0 Å². The number of carbonyl (C=O) groups is 1. The number of ketones is 1. The highest BCUT2D eigenvalue weighted by Crippen LogP contribution is 2.21. The maximum absolute atomic E-state index is 12.0. The van der Waals surface area contributed by atoms with Crippen LogP contribution in [-0.2, 0) is 0 Å². The van der Waals surface area contributed by atoms with Crippen LogP contribution < -0.4 is 5.73 Å². The molecule has 1 fully saturated rings. The summed E-state index contributed by atoms with van der Waals surface area (Å²) in [6, 6.07) is 4.48. The van der Waals surface area contributed by atoms with Crippen LogP contribution in [0.2, 0.25) is 0 Å². The first-order chi connectivity index (χ1) is 9.11. The number of likely N-dealkylation sites (tertiary alicyclic amines) is 1. The van der Waals surface area contributed by atoms with Gasteiger partial charge in [0, 0.05) is 24.5 Å². The van der Waals surface area contributed by atoms with E-state index in [1.807, 2.05) is 4.90 Å². The van der Waals surface area contributed by atoms with E-state index in [0.717, 1.165) is 19.4 Å². The van der Waals surface area contributed by atoms with Gasteiger partial charge in [-0.25, -0.2) is 0 Å². The van der Waals surface area contributed by atoms with Crippen molar-refractivity contribution in [2.75, 3.05) is 18.9 Å². The van der Waals surface area contributed by atoms with Crippen LogP contribution in [0.3, 0.4) is 0 Å². The number of phenolic OH excluding ortho intramolecular Hbond substituents is 1. The molecule has 1 atom stereocenters. The molecule has 1 aliphatic heterocycles. The molecular weight excluding hydrogens is 244 g/mol. The van der Waals surface area contributed by atoms with Crippen LogP contribution in [0, 0.1) is 0 Å². The Bertz CT molecular complexity index is 499. The number of nitrogens with zero attached hydrogens (tertiary/aromatic N) is 1. The molecular formula is C14H18N2O3. The highest BCUT2D eigenvalue weighted by atomic mass is 16.3. The fourth-order valence-electron chi connectivity index (χ4n) is 2.25. The van der Waals surface area contributed by atoms with Crippen LogP contribution in [0.1, 0.15) is 23.2 Å². The third-order valence-corrected chi connectivity index (χ3v) is 3.34. The number of benzene rings is 1. The smallest absolute Gasteiger partial charge is 0.191 e. The number of hydrogen-bond donors (Lipinski definition) is 3. The summed E-state index contributed by atoms with van der Waals surface area (Å²) >= 11 is 0. The quantitative estimate of drug-likeness (QED) is 0.328. The number of nitrogens with two attached hydrogens (primary N) is 1. The standard InChI is InChI=1S/C14H18N2O3/c15-10-3-4-13(18)12(8-10)14(19)5-7-16-6-1-2-11(16)9-17/h3-5,7-8,11,17-18H,1-2,6,9,15H2. The molecule has 19 heavy (non-hydrogen) atoms. The van der Waals surface area contributed by atoms with Gasteiger partial charge in [-0.1, -0.05) is 0 Å². The first-order valence-electron chi connectivity index (χ1n) is 6.29. The molecule has 1 saturated heterocycles. The fraction of sp³-hybridized carbons (Fsp3) is 0.357. The molecule has 0 radical (unpaired) electrons. The number of hydrogen-bond acceptors (Lipinski definition) is 5. The summed E-state index contributed by atoms with van der Waals surface area (Å²) in [5.41, 5.74) is 6.22. The highest BCUT2D eigenvalue weighted by molar-refractivity contribution is 6.06.